The normalized spacial score (nSPS) is 20.9. The van der Waals surface area contributed by atoms with E-state index in [9.17, 15) is 19.5 Å². The van der Waals surface area contributed by atoms with Crippen LogP contribution in [-0.4, -0.2) is 69.6 Å². The number of aryl methyl sites for hydroxylation is 1. The Labute approximate surface area is 234 Å². The monoisotopic (exact) mass is 541 g/mol. The van der Waals surface area contributed by atoms with Crippen molar-refractivity contribution < 1.29 is 24.2 Å². The Balaban J connectivity index is 2.07. The quantitative estimate of drug-likeness (QED) is 0.310. The number of unbranched alkanes of at least 4 members (excludes halogenated alkanes) is 2. The molecular weight excluding hydrogens is 494 g/mol. The fraction of sp³-hybridized carbons (Fsp3) is 0.645. The maximum absolute atomic E-state index is 14.4. The van der Waals surface area contributed by atoms with Crippen LogP contribution in [0.4, 0.5) is 10.5 Å². The number of piperidine rings is 1. The third-order valence-electron chi connectivity index (χ3n) is 7.87. The van der Waals surface area contributed by atoms with Crippen molar-refractivity contribution in [1.82, 2.24) is 9.80 Å². The average Bonchev–Trinajstić information content (AvgIpc) is 2.82. The number of ether oxygens (including phenoxy) is 1. The van der Waals surface area contributed by atoms with E-state index in [-0.39, 0.29) is 35.4 Å². The Hall–Kier alpha value is -3.03. The number of carboxylic acid groups (broad SMARTS) is 1. The molecule has 0 aromatic heterocycles. The van der Waals surface area contributed by atoms with E-state index in [1.54, 1.807) is 24.8 Å². The molecule has 1 fully saturated rings. The van der Waals surface area contributed by atoms with Gasteiger partial charge in [-0.15, -0.1) is 6.58 Å². The van der Waals surface area contributed by atoms with Crippen LogP contribution in [0.3, 0.4) is 0 Å². The van der Waals surface area contributed by atoms with E-state index in [0.717, 1.165) is 31.2 Å². The summed E-state index contributed by atoms with van der Waals surface area (Å²) in [5.41, 5.74) is 0.513. The van der Waals surface area contributed by atoms with Gasteiger partial charge in [-0.05, 0) is 89.8 Å². The third kappa shape index (κ3) is 6.25. The lowest BCUT2D eigenvalue weighted by molar-refractivity contribution is -0.132. The van der Waals surface area contributed by atoms with Gasteiger partial charge in [0.15, 0.2) is 5.60 Å². The molecule has 2 heterocycles. The Morgan fingerprint density at radius 3 is 2.49 bits per heavy atom. The van der Waals surface area contributed by atoms with Gasteiger partial charge in [-0.2, -0.15) is 0 Å². The van der Waals surface area contributed by atoms with Crippen LogP contribution in [0.2, 0.25) is 0 Å². The smallest absolute Gasteiger partial charge is 0.407 e. The summed E-state index contributed by atoms with van der Waals surface area (Å²) in [6, 6.07) is 2.89. The van der Waals surface area contributed by atoms with E-state index in [1.165, 1.54) is 4.90 Å². The van der Waals surface area contributed by atoms with Crippen LogP contribution < -0.4 is 9.64 Å². The molecule has 8 heteroatoms. The first kappa shape index (κ1) is 30.5. The van der Waals surface area contributed by atoms with E-state index >= 15 is 0 Å². The first-order valence-corrected chi connectivity index (χ1v) is 14.2. The van der Waals surface area contributed by atoms with E-state index < -0.39 is 11.7 Å². The molecular formula is C31H47N3O5. The van der Waals surface area contributed by atoms with Gasteiger partial charge in [0.25, 0.3) is 11.8 Å². The van der Waals surface area contributed by atoms with E-state index in [2.05, 4.69) is 6.58 Å². The Bertz CT molecular complexity index is 1100. The molecule has 3 rings (SSSR count). The standard InChI is InChI=1S/C31H47N3O5/c1-10-11-12-13-16-32-24-19-22(21(4)18-25(24)39-31(8,9)28(32)36)27(35)34(20(2)3)23-15-14-17-33(29(37)38)26(23)30(5,6)7/h10,18-20,23,26H,1,11-17H2,2-9H3,(H,37,38)/t23-,26?/m1/s1. The number of hydrogen-bond donors (Lipinski definition) is 1. The van der Waals surface area contributed by atoms with Gasteiger partial charge in [0.05, 0.1) is 17.8 Å². The minimum absolute atomic E-state index is 0.131. The predicted molar refractivity (Wildman–Crippen MR) is 155 cm³/mol. The van der Waals surface area contributed by atoms with Crippen molar-refractivity contribution in [3.05, 3.63) is 35.9 Å². The zero-order chi connectivity index (χ0) is 29.3. The molecule has 8 nitrogen and oxygen atoms in total. The number of carbonyl (C=O) groups excluding carboxylic acids is 2. The molecule has 39 heavy (non-hydrogen) atoms. The third-order valence-corrected chi connectivity index (χ3v) is 7.87. The molecule has 1 aromatic rings. The van der Waals surface area contributed by atoms with Crippen LogP contribution >= 0.6 is 0 Å². The topological polar surface area (TPSA) is 90.4 Å². The Morgan fingerprint density at radius 2 is 1.92 bits per heavy atom. The number of likely N-dealkylation sites (tertiary alicyclic amines) is 1. The largest absolute Gasteiger partial charge is 0.476 e. The molecule has 1 aromatic carbocycles. The number of carbonyl (C=O) groups is 3. The van der Waals surface area contributed by atoms with Crippen LogP contribution in [0.25, 0.3) is 0 Å². The lowest BCUT2D eigenvalue weighted by Gasteiger charge is -2.51. The first-order valence-electron chi connectivity index (χ1n) is 14.2. The Kier molecular flexibility index (Phi) is 9.08. The number of benzene rings is 1. The first-order chi connectivity index (χ1) is 18.1. The second kappa shape index (κ2) is 11.6. The molecule has 2 aliphatic heterocycles. The highest BCUT2D eigenvalue weighted by molar-refractivity contribution is 6.05. The van der Waals surface area contributed by atoms with Gasteiger partial charge in [-0.1, -0.05) is 26.8 Å². The van der Waals surface area contributed by atoms with Crippen molar-refractivity contribution in [2.24, 2.45) is 5.41 Å². The number of allylic oxidation sites excluding steroid dienone is 1. The molecule has 1 saturated heterocycles. The van der Waals surface area contributed by atoms with Crippen LogP contribution in [0, 0.1) is 12.3 Å². The lowest BCUT2D eigenvalue weighted by Crippen LogP contribution is -2.63. The highest BCUT2D eigenvalue weighted by Gasteiger charge is 2.47. The van der Waals surface area contributed by atoms with E-state index in [1.807, 2.05) is 58.6 Å². The van der Waals surface area contributed by atoms with Gasteiger partial charge in [0.2, 0.25) is 0 Å². The van der Waals surface area contributed by atoms with Gasteiger partial charge >= 0.3 is 6.09 Å². The van der Waals surface area contributed by atoms with Gasteiger partial charge in [-0.25, -0.2) is 4.79 Å². The number of fused-ring (bicyclic) bond motifs is 1. The fourth-order valence-corrected chi connectivity index (χ4v) is 6.16. The van der Waals surface area contributed by atoms with Crippen molar-refractivity contribution >= 4 is 23.6 Å². The van der Waals surface area contributed by atoms with Gasteiger partial charge in [0.1, 0.15) is 5.75 Å². The summed E-state index contributed by atoms with van der Waals surface area (Å²) in [5, 5.41) is 10.0. The highest BCUT2D eigenvalue weighted by Crippen LogP contribution is 2.41. The summed E-state index contributed by atoms with van der Waals surface area (Å²) < 4.78 is 6.13. The van der Waals surface area contributed by atoms with Crippen molar-refractivity contribution in [2.75, 3.05) is 18.0 Å². The average molecular weight is 542 g/mol. The van der Waals surface area contributed by atoms with Crippen LogP contribution in [-0.2, 0) is 4.79 Å². The summed E-state index contributed by atoms with van der Waals surface area (Å²) >= 11 is 0. The summed E-state index contributed by atoms with van der Waals surface area (Å²) in [7, 11) is 0. The molecule has 1 N–H and O–H groups in total. The van der Waals surface area contributed by atoms with Crippen LogP contribution in [0.15, 0.2) is 24.8 Å². The minimum atomic E-state index is -1.00. The lowest BCUT2D eigenvalue weighted by atomic mass is 9.76. The van der Waals surface area contributed by atoms with Crippen LogP contribution in [0.1, 0.15) is 96.5 Å². The molecule has 0 spiro atoms. The summed E-state index contributed by atoms with van der Waals surface area (Å²) in [4.78, 5) is 45.1. The molecule has 2 aliphatic rings. The molecule has 2 atom stereocenters. The summed E-state index contributed by atoms with van der Waals surface area (Å²) in [6.07, 6.45) is 4.94. The maximum Gasteiger partial charge on any atom is 0.407 e. The molecule has 0 bridgehead atoms. The summed E-state index contributed by atoms with van der Waals surface area (Å²) in [5.74, 6) is 0.310. The fourth-order valence-electron chi connectivity index (χ4n) is 6.16. The number of hydrogen-bond acceptors (Lipinski definition) is 4. The van der Waals surface area contributed by atoms with Crippen molar-refractivity contribution in [3.8, 4) is 5.75 Å². The molecule has 0 aliphatic carbocycles. The number of amides is 3. The van der Waals surface area contributed by atoms with Crippen molar-refractivity contribution in [1.29, 1.82) is 0 Å². The maximum atomic E-state index is 14.4. The molecule has 1 unspecified atom stereocenters. The van der Waals surface area contributed by atoms with Gasteiger partial charge in [0, 0.05) is 24.7 Å². The second-order valence-electron chi connectivity index (χ2n) is 12.8. The zero-order valence-electron chi connectivity index (χ0n) is 25.0. The summed E-state index contributed by atoms with van der Waals surface area (Å²) in [6.45, 7) is 20.3. The molecule has 0 radical (unpaired) electrons. The number of nitrogens with zero attached hydrogens (tertiary/aromatic N) is 3. The minimum Gasteiger partial charge on any atom is -0.476 e. The van der Waals surface area contributed by atoms with Gasteiger partial charge < -0.3 is 24.5 Å². The van der Waals surface area contributed by atoms with E-state index in [0.29, 0.717) is 36.5 Å². The number of rotatable bonds is 8. The number of anilines is 1. The zero-order valence-corrected chi connectivity index (χ0v) is 25.0. The van der Waals surface area contributed by atoms with Gasteiger partial charge in [-0.3, -0.25) is 9.59 Å². The Morgan fingerprint density at radius 1 is 1.26 bits per heavy atom. The van der Waals surface area contributed by atoms with E-state index in [4.69, 9.17) is 4.74 Å². The highest BCUT2D eigenvalue weighted by atomic mass is 16.5. The van der Waals surface area contributed by atoms with Crippen molar-refractivity contribution in [3.63, 3.8) is 0 Å². The van der Waals surface area contributed by atoms with Crippen molar-refractivity contribution in [2.45, 2.75) is 111 Å². The molecule has 216 valence electrons. The SMILES string of the molecule is C=CCCCCN1C(=O)C(C)(C)Oc2cc(C)c(C(=O)N(C(C)C)[C@@H]3CCCN(C(=O)O)C3C(C)(C)C)cc21. The molecule has 0 saturated carbocycles. The molecule has 3 amide bonds. The predicted octanol–water partition coefficient (Wildman–Crippen LogP) is 6.26. The second-order valence-corrected chi connectivity index (χ2v) is 12.8. The van der Waals surface area contributed by atoms with Crippen LogP contribution in [0.5, 0.6) is 5.75 Å².